The normalized spacial score (nSPS) is 21.7. The molecule has 2 heterocycles. The van der Waals surface area contributed by atoms with Crippen molar-refractivity contribution >= 4 is 39.1 Å². The van der Waals surface area contributed by atoms with Crippen LogP contribution in [0, 0.1) is 5.41 Å². The third kappa shape index (κ3) is 2.47. The van der Waals surface area contributed by atoms with Gasteiger partial charge < -0.3 is 15.3 Å². The van der Waals surface area contributed by atoms with Crippen LogP contribution in [0.3, 0.4) is 0 Å². The molecule has 1 aliphatic heterocycles. The van der Waals surface area contributed by atoms with Gasteiger partial charge in [-0.25, -0.2) is 4.79 Å². The van der Waals surface area contributed by atoms with E-state index < -0.39 is 11.4 Å². The summed E-state index contributed by atoms with van der Waals surface area (Å²) in [5.74, 6) is -0.848. The van der Waals surface area contributed by atoms with Crippen LogP contribution in [0.4, 0.5) is 10.5 Å². The highest BCUT2D eigenvalue weighted by molar-refractivity contribution is 7.17. The van der Waals surface area contributed by atoms with Crippen molar-refractivity contribution in [3.8, 4) is 0 Å². The molecule has 110 valence electrons. The molecule has 1 unspecified atom stereocenters. The number of likely N-dealkylation sites (tertiary alicyclic amines) is 1. The van der Waals surface area contributed by atoms with Gasteiger partial charge >= 0.3 is 12.0 Å². The van der Waals surface area contributed by atoms with Crippen molar-refractivity contribution in [3.05, 3.63) is 29.6 Å². The van der Waals surface area contributed by atoms with Gasteiger partial charge in [-0.2, -0.15) is 0 Å². The van der Waals surface area contributed by atoms with Crippen molar-refractivity contribution in [3.63, 3.8) is 0 Å². The summed E-state index contributed by atoms with van der Waals surface area (Å²) in [4.78, 5) is 25.1. The van der Waals surface area contributed by atoms with Crippen LogP contribution in [-0.4, -0.2) is 35.1 Å². The second-order valence-electron chi connectivity index (χ2n) is 5.61. The molecule has 2 amide bonds. The number of anilines is 1. The summed E-state index contributed by atoms with van der Waals surface area (Å²) >= 11 is 1.58. The Morgan fingerprint density at radius 2 is 2.14 bits per heavy atom. The van der Waals surface area contributed by atoms with Crippen LogP contribution >= 0.6 is 11.3 Å². The van der Waals surface area contributed by atoms with E-state index >= 15 is 0 Å². The number of nitrogens with zero attached hydrogens (tertiary/aromatic N) is 1. The van der Waals surface area contributed by atoms with Gasteiger partial charge in [-0.1, -0.05) is 18.2 Å². The molecule has 0 bridgehead atoms. The monoisotopic (exact) mass is 304 g/mol. The maximum Gasteiger partial charge on any atom is 0.321 e. The molecular formula is C15H16N2O3S. The van der Waals surface area contributed by atoms with E-state index in [0.717, 1.165) is 15.8 Å². The third-order valence-electron chi connectivity index (χ3n) is 4.00. The minimum Gasteiger partial charge on any atom is -0.481 e. The molecule has 1 saturated heterocycles. The number of carbonyl (C=O) groups is 2. The van der Waals surface area contributed by atoms with Crippen molar-refractivity contribution in [1.82, 2.24) is 4.90 Å². The molecule has 0 radical (unpaired) electrons. The molecule has 1 atom stereocenters. The van der Waals surface area contributed by atoms with Gasteiger partial charge in [0.15, 0.2) is 0 Å². The first-order valence-electron chi connectivity index (χ1n) is 6.75. The van der Waals surface area contributed by atoms with Crippen molar-refractivity contribution < 1.29 is 14.7 Å². The molecule has 0 saturated carbocycles. The summed E-state index contributed by atoms with van der Waals surface area (Å²) in [6.45, 7) is 2.40. The van der Waals surface area contributed by atoms with Gasteiger partial charge in [-0.05, 0) is 19.4 Å². The second-order valence-corrected chi connectivity index (χ2v) is 6.52. The molecule has 1 aliphatic rings. The van der Waals surface area contributed by atoms with Gasteiger partial charge in [-0.3, -0.25) is 4.79 Å². The highest BCUT2D eigenvalue weighted by Crippen LogP contribution is 2.32. The maximum atomic E-state index is 12.3. The first-order chi connectivity index (χ1) is 9.99. The Hall–Kier alpha value is -2.08. The molecule has 6 heteroatoms. The number of benzene rings is 1. The largest absolute Gasteiger partial charge is 0.481 e. The molecule has 1 aromatic carbocycles. The lowest BCUT2D eigenvalue weighted by atomic mass is 9.90. The Labute approximate surface area is 126 Å². The Balaban J connectivity index is 1.74. The van der Waals surface area contributed by atoms with Gasteiger partial charge in [0.05, 0.1) is 11.1 Å². The number of aliphatic carboxylic acids is 1. The number of nitrogens with one attached hydrogen (secondary N) is 1. The third-order valence-corrected chi connectivity index (χ3v) is 4.96. The van der Waals surface area contributed by atoms with Gasteiger partial charge in [0, 0.05) is 28.6 Å². The topological polar surface area (TPSA) is 69.6 Å². The maximum absolute atomic E-state index is 12.3. The SMILES string of the molecule is CC1(C(=O)O)CCN(C(=O)Nc2csc3ccccc23)C1. The molecule has 3 rings (SSSR count). The number of carbonyl (C=O) groups excluding carboxylic acids is 1. The van der Waals surface area contributed by atoms with E-state index in [4.69, 9.17) is 0 Å². The predicted molar refractivity (Wildman–Crippen MR) is 82.8 cm³/mol. The number of amides is 2. The van der Waals surface area contributed by atoms with Crippen LogP contribution in [0.25, 0.3) is 10.1 Å². The number of hydrogen-bond acceptors (Lipinski definition) is 3. The molecule has 0 aliphatic carbocycles. The first kappa shape index (κ1) is 13.9. The summed E-state index contributed by atoms with van der Waals surface area (Å²) in [5, 5.41) is 15.0. The predicted octanol–water partition coefficient (Wildman–Crippen LogP) is 3.23. The number of hydrogen-bond donors (Lipinski definition) is 2. The van der Waals surface area contributed by atoms with E-state index in [1.165, 1.54) is 0 Å². The van der Waals surface area contributed by atoms with Crippen LogP contribution in [0.5, 0.6) is 0 Å². The van der Waals surface area contributed by atoms with Crippen molar-refractivity contribution in [2.45, 2.75) is 13.3 Å². The fraction of sp³-hybridized carbons (Fsp3) is 0.333. The zero-order valence-electron chi connectivity index (χ0n) is 11.6. The van der Waals surface area contributed by atoms with Crippen molar-refractivity contribution in [2.75, 3.05) is 18.4 Å². The van der Waals surface area contributed by atoms with Crippen LogP contribution in [-0.2, 0) is 4.79 Å². The minimum atomic E-state index is -0.848. The molecule has 1 aromatic heterocycles. The fourth-order valence-electron chi connectivity index (χ4n) is 2.58. The summed E-state index contributed by atoms with van der Waals surface area (Å²) in [7, 11) is 0. The number of carboxylic acid groups (broad SMARTS) is 1. The quantitative estimate of drug-likeness (QED) is 0.895. The van der Waals surface area contributed by atoms with Crippen molar-refractivity contribution in [1.29, 1.82) is 0 Å². The average Bonchev–Trinajstić information content (AvgIpc) is 3.05. The first-order valence-corrected chi connectivity index (χ1v) is 7.63. The van der Waals surface area contributed by atoms with E-state index in [9.17, 15) is 14.7 Å². The van der Waals surface area contributed by atoms with Gasteiger partial charge in [-0.15, -0.1) is 11.3 Å². The molecule has 5 nitrogen and oxygen atoms in total. The molecule has 2 N–H and O–H groups in total. The lowest BCUT2D eigenvalue weighted by Gasteiger charge is -2.20. The highest BCUT2D eigenvalue weighted by Gasteiger charge is 2.42. The summed E-state index contributed by atoms with van der Waals surface area (Å²) in [6.07, 6.45) is 0.486. The Kier molecular flexibility index (Phi) is 3.33. The van der Waals surface area contributed by atoms with Crippen LogP contribution < -0.4 is 5.32 Å². The summed E-state index contributed by atoms with van der Waals surface area (Å²) < 4.78 is 1.12. The van der Waals surface area contributed by atoms with Crippen LogP contribution in [0.2, 0.25) is 0 Å². The van der Waals surface area contributed by atoms with Gasteiger partial charge in [0.2, 0.25) is 0 Å². The zero-order chi connectivity index (χ0) is 15.0. The number of carboxylic acids is 1. The number of rotatable bonds is 2. The number of fused-ring (bicyclic) bond motifs is 1. The van der Waals surface area contributed by atoms with E-state index in [-0.39, 0.29) is 12.6 Å². The highest BCUT2D eigenvalue weighted by atomic mass is 32.1. The number of thiophene rings is 1. The van der Waals surface area contributed by atoms with Crippen LogP contribution in [0.15, 0.2) is 29.6 Å². The van der Waals surface area contributed by atoms with Gasteiger partial charge in [0.1, 0.15) is 0 Å². The number of urea groups is 1. The standard InChI is InChI=1S/C15H16N2O3S/c1-15(13(18)19)6-7-17(9-15)14(20)16-11-8-21-12-5-3-2-4-10(11)12/h2-5,8H,6-7,9H2,1H3,(H,16,20)(H,18,19). The Morgan fingerprint density at radius 3 is 2.86 bits per heavy atom. The zero-order valence-corrected chi connectivity index (χ0v) is 12.4. The van der Waals surface area contributed by atoms with E-state index in [2.05, 4.69) is 5.32 Å². The smallest absolute Gasteiger partial charge is 0.321 e. The van der Waals surface area contributed by atoms with Gasteiger partial charge in [0.25, 0.3) is 0 Å². The van der Waals surface area contributed by atoms with Crippen LogP contribution in [0.1, 0.15) is 13.3 Å². The summed E-state index contributed by atoms with van der Waals surface area (Å²) in [6, 6.07) is 7.63. The molecule has 1 fully saturated rings. The molecule has 0 spiro atoms. The molecule has 2 aromatic rings. The fourth-order valence-corrected chi connectivity index (χ4v) is 3.47. The average molecular weight is 304 g/mol. The lowest BCUT2D eigenvalue weighted by molar-refractivity contribution is -0.146. The summed E-state index contributed by atoms with van der Waals surface area (Å²) in [5.41, 5.74) is -0.0573. The Bertz CT molecular complexity index is 712. The molecule has 21 heavy (non-hydrogen) atoms. The van der Waals surface area contributed by atoms with E-state index in [1.807, 2.05) is 29.6 Å². The second kappa shape index (κ2) is 5.04. The van der Waals surface area contributed by atoms with Crippen molar-refractivity contribution in [2.24, 2.45) is 5.41 Å². The molecular weight excluding hydrogens is 288 g/mol. The Morgan fingerprint density at radius 1 is 1.38 bits per heavy atom. The lowest BCUT2D eigenvalue weighted by Crippen LogP contribution is -2.37. The van der Waals surface area contributed by atoms with E-state index in [0.29, 0.717) is 13.0 Å². The van der Waals surface area contributed by atoms with E-state index in [1.54, 1.807) is 23.2 Å². The minimum absolute atomic E-state index is 0.233.